The molecule has 5 heterocycles. The molecular weight excluding hydrogens is 812 g/mol. The van der Waals surface area contributed by atoms with Gasteiger partial charge in [0.2, 0.25) is 17.5 Å². The van der Waals surface area contributed by atoms with Gasteiger partial charge in [0.15, 0.2) is 30.7 Å². The Morgan fingerprint density at radius 2 is 1.45 bits per heavy atom. The van der Waals surface area contributed by atoms with Crippen LogP contribution in [0.1, 0.15) is 6.92 Å². The maximum absolute atomic E-state index is 14.1. The lowest BCUT2D eigenvalue weighted by Crippen LogP contribution is -2.64. The fraction of sp³-hybridized carbons (Fsp3) is 0.595. The van der Waals surface area contributed by atoms with Crippen LogP contribution in [0.2, 0.25) is 0 Å². The molecule has 3 aromatic rings. The molecule has 23 nitrogen and oxygen atoms in total. The van der Waals surface area contributed by atoms with Gasteiger partial charge in [-0.2, -0.15) is 0 Å². The van der Waals surface area contributed by atoms with Crippen LogP contribution in [0.4, 0.5) is 0 Å². The first-order valence-corrected chi connectivity index (χ1v) is 18.7. The average Bonchev–Trinajstić information content (AvgIpc) is 3.50. The van der Waals surface area contributed by atoms with Crippen molar-refractivity contribution in [3.8, 4) is 34.3 Å². The van der Waals surface area contributed by atoms with Gasteiger partial charge < -0.3 is 109 Å². The summed E-state index contributed by atoms with van der Waals surface area (Å²) in [5, 5.41) is 136. The summed E-state index contributed by atoms with van der Waals surface area (Å²) in [6.45, 7) is -1.41. The first kappa shape index (κ1) is 44.2. The van der Waals surface area contributed by atoms with Gasteiger partial charge in [0, 0.05) is 17.7 Å². The first-order valence-electron chi connectivity index (χ1n) is 18.7. The van der Waals surface area contributed by atoms with Gasteiger partial charge in [-0.05, 0) is 31.2 Å². The lowest BCUT2D eigenvalue weighted by molar-refractivity contribution is -0.355. The van der Waals surface area contributed by atoms with Crippen LogP contribution in [-0.2, 0) is 33.2 Å². The van der Waals surface area contributed by atoms with Crippen molar-refractivity contribution in [1.29, 1.82) is 0 Å². The van der Waals surface area contributed by atoms with E-state index in [-0.39, 0.29) is 22.7 Å². The molecule has 17 atom stereocenters. The molecule has 0 bridgehead atoms. The van der Waals surface area contributed by atoms with Crippen LogP contribution < -0.4 is 10.2 Å². The fourth-order valence-corrected chi connectivity index (χ4v) is 7.18. The van der Waals surface area contributed by atoms with Crippen molar-refractivity contribution >= 4 is 11.0 Å². The highest BCUT2D eigenvalue weighted by Crippen LogP contribution is 2.39. The van der Waals surface area contributed by atoms with E-state index in [1.54, 1.807) is 0 Å². The highest BCUT2D eigenvalue weighted by atomic mass is 16.8. The second-order valence-corrected chi connectivity index (χ2v) is 15.0. The summed E-state index contributed by atoms with van der Waals surface area (Å²) in [4.78, 5) is 14.1. The molecule has 23 heteroatoms. The second kappa shape index (κ2) is 17.5. The third kappa shape index (κ3) is 8.38. The van der Waals surface area contributed by atoms with Gasteiger partial charge in [0.05, 0.1) is 32.5 Å². The molecule has 4 aliphatic rings. The van der Waals surface area contributed by atoms with E-state index in [4.69, 9.17) is 42.3 Å². The van der Waals surface area contributed by atoms with Crippen LogP contribution in [0.15, 0.2) is 45.6 Å². The number of fused-ring (bicyclic) bond motifs is 1. The Bertz CT molecular complexity index is 2010. The number of aromatic hydroxyl groups is 3. The minimum absolute atomic E-state index is 0.106. The number of phenols is 3. The number of aliphatic hydroxyl groups is 10. The zero-order valence-electron chi connectivity index (χ0n) is 31.4. The minimum Gasteiger partial charge on any atom is -0.508 e. The van der Waals surface area contributed by atoms with Gasteiger partial charge in [-0.15, -0.1) is 0 Å². The summed E-state index contributed by atoms with van der Waals surface area (Å²) in [5.74, 6) is -2.42. The molecule has 0 radical (unpaired) electrons. The van der Waals surface area contributed by atoms with Crippen molar-refractivity contribution in [3.63, 3.8) is 0 Å². The van der Waals surface area contributed by atoms with Crippen molar-refractivity contribution in [2.45, 2.75) is 111 Å². The van der Waals surface area contributed by atoms with Gasteiger partial charge in [0.25, 0.3) is 0 Å². The summed E-state index contributed by atoms with van der Waals surface area (Å²) in [6, 6.07) is 7.05. The van der Waals surface area contributed by atoms with E-state index in [0.29, 0.717) is 0 Å². The smallest absolute Gasteiger partial charge is 0.239 e. The zero-order chi connectivity index (χ0) is 43.4. The number of aliphatic hydroxyl groups excluding tert-OH is 9. The minimum atomic E-state index is -2.21. The summed E-state index contributed by atoms with van der Waals surface area (Å²) in [7, 11) is 0. The van der Waals surface area contributed by atoms with Gasteiger partial charge in [-0.1, -0.05) is 0 Å². The maximum Gasteiger partial charge on any atom is 0.239 e. The Kier molecular flexibility index (Phi) is 12.9. The molecular formula is C37H46O23. The van der Waals surface area contributed by atoms with Crippen molar-refractivity contribution in [2.75, 3.05) is 26.4 Å². The predicted molar refractivity (Wildman–Crippen MR) is 192 cm³/mol. The molecule has 2 aromatic carbocycles. The van der Waals surface area contributed by atoms with Crippen molar-refractivity contribution in [3.05, 3.63) is 46.6 Å². The molecule has 4 aliphatic heterocycles. The number of rotatable bonds is 11. The highest BCUT2D eigenvalue weighted by Gasteiger charge is 2.55. The van der Waals surface area contributed by atoms with E-state index in [2.05, 4.69) is 0 Å². The van der Waals surface area contributed by atoms with E-state index in [1.165, 1.54) is 31.2 Å². The third-order valence-electron chi connectivity index (χ3n) is 10.7. The Morgan fingerprint density at radius 3 is 2.13 bits per heavy atom. The number of ether oxygens (including phenoxy) is 8. The van der Waals surface area contributed by atoms with Crippen LogP contribution in [0, 0.1) is 0 Å². The summed E-state index contributed by atoms with van der Waals surface area (Å²) in [5.41, 5.74) is -3.45. The van der Waals surface area contributed by atoms with Crippen LogP contribution >= 0.6 is 0 Å². The van der Waals surface area contributed by atoms with E-state index in [1.807, 2.05) is 0 Å². The number of hydrogen-bond donors (Lipinski definition) is 13. The lowest BCUT2D eigenvalue weighted by Gasteiger charge is -2.45. The highest BCUT2D eigenvalue weighted by molar-refractivity contribution is 5.88. The molecule has 4 fully saturated rings. The molecule has 13 N–H and O–H groups in total. The number of hydrogen-bond acceptors (Lipinski definition) is 23. The van der Waals surface area contributed by atoms with Gasteiger partial charge in [-0.3, -0.25) is 4.79 Å². The van der Waals surface area contributed by atoms with E-state index in [9.17, 15) is 71.2 Å². The van der Waals surface area contributed by atoms with Crippen LogP contribution in [0.5, 0.6) is 23.0 Å². The summed E-state index contributed by atoms with van der Waals surface area (Å²) >= 11 is 0. The normalized spacial score (nSPS) is 39.9. The maximum atomic E-state index is 14.1. The predicted octanol–water partition coefficient (Wildman–Crippen LogP) is -4.46. The molecule has 1 aromatic heterocycles. The Morgan fingerprint density at radius 1 is 0.750 bits per heavy atom. The lowest BCUT2D eigenvalue weighted by atomic mass is 9.97. The number of phenolic OH excluding ortho intramolecular Hbond substituents is 3. The Labute approximate surface area is 337 Å². The Balaban J connectivity index is 1.19. The average molecular weight is 859 g/mol. The van der Waals surface area contributed by atoms with Gasteiger partial charge in [-0.25, -0.2) is 0 Å². The molecule has 0 spiro atoms. The topological polar surface area (TPSA) is 367 Å². The zero-order valence-corrected chi connectivity index (χ0v) is 31.4. The Hall–Kier alpha value is -3.83. The van der Waals surface area contributed by atoms with E-state index >= 15 is 0 Å². The standard InChI is InChI=1S/C37H46O23/c1-12-21(43)29(58-33-26(48)22(44)17(42)8-52-33)27(49)34(55-12)53-9-19-23(45)25(47)31(60-36-32(50)37(51,10-38)11-54-36)35(57-19)59-30-24(46)20-16(41)6-15(40)7-18(20)56-28(30)13-2-4-14(39)5-3-13/h2-7,12,17,19,21-23,25-27,29,31-36,38-45,47-51H,8-11H2,1H3/t12-,17-,19-,21-,22+,23+,25+,26-,27+,29+,31-,32+,33+,34+,35+,36+,37+/m1/s1. The van der Waals surface area contributed by atoms with Gasteiger partial charge in [0.1, 0.15) is 94.9 Å². The summed E-state index contributed by atoms with van der Waals surface area (Å²) in [6.07, 6.45) is -27.6. The van der Waals surface area contributed by atoms with Gasteiger partial charge >= 0.3 is 0 Å². The molecule has 332 valence electrons. The molecule has 0 aliphatic carbocycles. The molecule has 0 unspecified atom stereocenters. The van der Waals surface area contributed by atoms with Crippen molar-refractivity contribution in [2.24, 2.45) is 0 Å². The molecule has 7 rings (SSSR count). The molecule has 0 amide bonds. The SMILES string of the molecule is C[C@H]1O[C@H](OC[C@H]2O[C@@H](Oc3c(-c4ccc(O)cc4)oc4cc(O)cc(O)c4c3=O)[C@H](O[C@@H]3OC[C@@](O)(CO)[C@H]3O)[C@@H](O)[C@H]2O)[C@@H](O)[C@@H](O[C@@H]2OC[C@@H](O)[C@H](O)[C@H]2O)[C@@H]1O. The van der Waals surface area contributed by atoms with Crippen molar-refractivity contribution in [1.82, 2.24) is 0 Å². The molecule has 60 heavy (non-hydrogen) atoms. The number of benzene rings is 2. The summed E-state index contributed by atoms with van der Waals surface area (Å²) < 4.78 is 51.4. The molecule has 4 saturated heterocycles. The van der Waals surface area contributed by atoms with Crippen LogP contribution in [0.3, 0.4) is 0 Å². The fourth-order valence-electron chi connectivity index (χ4n) is 7.18. The van der Waals surface area contributed by atoms with Crippen molar-refractivity contribution < 1.29 is 109 Å². The van der Waals surface area contributed by atoms with E-state index < -0.39 is 158 Å². The monoisotopic (exact) mass is 858 g/mol. The largest absolute Gasteiger partial charge is 0.508 e. The quantitative estimate of drug-likeness (QED) is 0.0865. The van der Waals surface area contributed by atoms with Crippen LogP contribution in [-0.4, -0.2) is 197 Å². The first-order chi connectivity index (χ1) is 28.4. The van der Waals surface area contributed by atoms with Crippen LogP contribution in [0.25, 0.3) is 22.3 Å². The second-order valence-electron chi connectivity index (χ2n) is 15.0. The molecule has 0 saturated carbocycles. The van der Waals surface area contributed by atoms with E-state index in [0.717, 1.165) is 12.1 Å². The third-order valence-corrected chi connectivity index (χ3v) is 10.7.